The maximum absolute atomic E-state index is 13.0. The van der Waals surface area contributed by atoms with Crippen LogP contribution in [0.3, 0.4) is 0 Å². The van der Waals surface area contributed by atoms with Crippen LogP contribution < -0.4 is 0 Å². The maximum Gasteiger partial charge on any atom is 0.409 e. The molecule has 0 saturated heterocycles. The zero-order valence-corrected chi connectivity index (χ0v) is 29.5. The van der Waals surface area contributed by atoms with Gasteiger partial charge in [-0.3, -0.25) is 0 Å². The first kappa shape index (κ1) is 37.7. The second-order valence-electron chi connectivity index (χ2n) is 11.9. The molecule has 2 atom stereocenters. The highest BCUT2D eigenvalue weighted by Crippen LogP contribution is 2.45. The number of methoxy groups -OCH3 is 1. The Balaban J connectivity index is 1.70. The molecule has 0 radical (unpaired) electrons. The number of ether oxygens (including phenoxy) is 1. The molecule has 1 aromatic heterocycles. The van der Waals surface area contributed by atoms with E-state index in [9.17, 15) is 21.6 Å². The largest absolute Gasteiger partial charge is 0.453 e. The number of carbonyl (C=O) groups excluding carboxylic acids is 1. The minimum absolute atomic E-state index is 0.000504. The Hall–Kier alpha value is -1.46. The Bertz CT molecular complexity index is 1190. The summed E-state index contributed by atoms with van der Waals surface area (Å²) in [5.41, 5.74) is 0.331. The molecular formula is C32H56N2O6S3. The highest BCUT2D eigenvalue weighted by atomic mass is 32.3. The van der Waals surface area contributed by atoms with E-state index in [0.717, 1.165) is 30.6 Å². The van der Waals surface area contributed by atoms with Gasteiger partial charge in [0, 0.05) is 18.3 Å². The van der Waals surface area contributed by atoms with Gasteiger partial charge in [-0.2, -0.15) is 12.8 Å². The van der Waals surface area contributed by atoms with Gasteiger partial charge in [-0.05, 0) is 39.2 Å². The molecule has 0 fully saturated rings. The Labute approximate surface area is 266 Å². The predicted molar refractivity (Wildman–Crippen MR) is 178 cm³/mol. The Morgan fingerprint density at radius 1 is 0.930 bits per heavy atom. The second kappa shape index (κ2) is 19.8. The van der Waals surface area contributed by atoms with Gasteiger partial charge in [-0.25, -0.2) is 13.2 Å². The molecule has 1 aliphatic heterocycles. The Kier molecular flexibility index (Phi) is 17.4. The van der Waals surface area contributed by atoms with Gasteiger partial charge in [0.25, 0.3) is 10.0 Å². The molecule has 8 nitrogen and oxygen atoms in total. The number of hydrogen-bond acceptors (Lipinski definition) is 7. The summed E-state index contributed by atoms with van der Waals surface area (Å²) in [4.78, 5) is 13.8. The highest BCUT2D eigenvalue weighted by Gasteiger charge is 2.43. The molecule has 0 N–H and O–H groups in total. The van der Waals surface area contributed by atoms with Gasteiger partial charge < -0.3 is 9.64 Å². The van der Waals surface area contributed by atoms with Crippen molar-refractivity contribution in [2.45, 2.75) is 162 Å². The number of rotatable bonds is 22. The maximum atomic E-state index is 13.0. The average Bonchev–Trinajstić information content (AvgIpc) is 3.45. The van der Waals surface area contributed by atoms with Crippen molar-refractivity contribution in [3.8, 4) is 0 Å². The van der Waals surface area contributed by atoms with Crippen LogP contribution in [-0.2, 0) is 24.6 Å². The molecule has 0 unspecified atom stereocenters. The van der Waals surface area contributed by atoms with E-state index in [1.165, 1.54) is 114 Å². The number of amides is 1. The first-order chi connectivity index (χ1) is 20.6. The van der Waals surface area contributed by atoms with Gasteiger partial charge in [0.1, 0.15) is 8.42 Å². The van der Waals surface area contributed by atoms with Crippen LogP contribution in [0.2, 0.25) is 0 Å². The number of fused-ring (bicyclic) bond motifs is 1. The summed E-state index contributed by atoms with van der Waals surface area (Å²) in [7, 11) is -6.47. The third-order valence-electron chi connectivity index (χ3n) is 8.44. The summed E-state index contributed by atoms with van der Waals surface area (Å²) in [5.74, 6) is 0. The fraction of sp³-hybridized carbons (Fsp3) is 0.812. The van der Waals surface area contributed by atoms with Crippen molar-refractivity contribution in [3.63, 3.8) is 0 Å². The number of sulfone groups is 1. The van der Waals surface area contributed by atoms with E-state index < -0.39 is 37.2 Å². The van der Waals surface area contributed by atoms with Crippen molar-refractivity contribution in [2.75, 3.05) is 13.7 Å². The lowest BCUT2D eigenvalue weighted by molar-refractivity contribution is 0.104. The number of sulfonamides is 1. The minimum atomic E-state index is -4.04. The van der Waals surface area contributed by atoms with Gasteiger partial charge >= 0.3 is 6.09 Å². The molecule has 0 saturated carbocycles. The van der Waals surface area contributed by atoms with Crippen LogP contribution in [0.15, 0.2) is 18.9 Å². The molecule has 2 heterocycles. The SMILES string of the molecule is CCCCCCCCCCCCCCCCCCCC=NS(=O)(=O)c1cc2c(s1)S(=O)(=O)[C@@H](C)C[C@@H]2N(CC)C(=O)OC. The summed E-state index contributed by atoms with van der Waals surface area (Å²) in [6.45, 7) is 5.93. The number of nitrogens with zero attached hydrogens (tertiary/aromatic N) is 2. The molecule has 0 bridgehead atoms. The highest BCUT2D eigenvalue weighted by molar-refractivity contribution is 7.96. The lowest BCUT2D eigenvalue weighted by Gasteiger charge is -2.34. The standard InChI is InChI=1S/C32H56N2O6S3/c1-5-7-8-9-10-11-12-13-14-15-16-17-18-19-20-21-22-23-24-33-43(38,39)30-26-28-29(34(6-2)32(35)40-4)25-27(3)42(36,37)31(28)41-30/h24,26-27,29H,5-23,25H2,1-4H3/t27-,29-/m0/s1. The van der Waals surface area contributed by atoms with E-state index in [0.29, 0.717) is 18.5 Å². The molecule has 2 rings (SSSR count). The van der Waals surface area contributed by atoms with Crippen LogP contribution in [0, 0.1) is 0 Å². The van der Waals surface area contributed by atoms with Gasteiger partial charge in [0.05, 0.1) is 18.4 Å². The first-order valence-corrected chi connectivity index (χ1v) is 20.4. The normalized spacial score (nSPS) is 18.1. The lowest BCUT2D eigenvalue weighted by Crippen LogP contribution is -2.40. The van der Waals surface area contributed by atoms with Gasteiger partial charge in [-0.15, -0.1) is 11.3 Å². The second-order valence-corrected chi connectivity index (χ2v) is 17.4. The molecule has 43 heavy (non-hydrogen) atoms. The van der Waals surface area contributed by atoms with Crippen molar-refractivity contribution < 1.29 is 26.4 Å². The van der Waals surface area contributed by atoms with E-state index in [4.69, 9.17) is 4.74 Å². The molecule has 1 aromatic rings. The van der Waals surface area contributed by atoms with Crippen molar-refractivity contribution in [1.29, 1.82) is 0 Å². The first-order valence-electron chi connectivity index (χ1n) is 16.6. The van der Waals surface area contributed by atoms with E-state index in [2.05, 4.69) is 11.3 Å². The third-order valence-corrected chi connectivity index (χ3v) is 14.1. The Morgan fingerprint density at radius 3 is 1.88 bits per heavy atom. The molecule has 1 aliphatic rings. The number of thiophene rings is 1. The van der Waals surface area contributed by atoms with Gasteiger partial charge in [-0.1, -0.05) is 110 Å². The minimum Gasteiger partial charge on any atom is -0.453 e. The van der Waals surface area contributed by atoms with Crippen LogP contribution in [-0.4, -0.2) is 52.9 Å². The van der Waals surface area contributed by atoms with Crippen LogP contribution in [0.1, 0.15) is 154 Å². The van der Waals surface area contributed by atoms with Crippen LogP contribution >= 0.6 is 11.3 Å². The van der Waals surface area contributed by atoms with Gasteiger partial charge in [0.15, 0.2) is 9.84 Å². The molecule has 11 heteroatoms. The van der Waals surface area contributed by atoms with Crippen molar-refractivity contribution in [3.05, 3.63) is 11.6 Å². The topological polar surface area (TPSA) is 110 Å². The Morgan fingerprint density at radius 2 is 1.42 bits per heavy atom. The zero-order valence-electron chi connectivity index (χ0n) is 27.0. The van der Waals surface area contributed by atoms with E-state index in [-0.39, 0.29) is 14.8 Å². The van der Waals surface area contributed by atoms with Crippen molar-refractivity contribution >= 4 is 43.5 Å². The fourth-order valence-electron chi connectivity index (χ4n) is 5.75. The summed E-state index contributed by atoms with van der Waals surface area (Å²) in [6, 6.07) is 0.798. The smallest absolute Gasteiger partial charge is 0.409 e. The van der Waals surface area contributed by atoms with Crippen molar-refractivity contribution in [2.24, 2.45) is 4.40 Å². The lowest BCUT2D eigenvalue weighted by atomic mass is 10.0. The number of unbranched alkanes of at least 4 members (excludes halogenated alkanes) is 17. The number of hydrogen-bond donors (Lipinski definition) is 0. The third kappa shape index (κ3) is 12.1. The van der Waals surface area contributed by atoms with Crippen LogP contribution in [0.25, 0.3) is 0 Å². The van der Waals surface area contributed by atoms with Gasteiger partial charge in [0.2, 0.25) is 0 Å². The van der Waals surface area contributed by atoms with Crippen LogP contribution in [0.4, 0.5) is 4.79 Å². The molecule has 1 amide bonds. The fourth-order valence-corrected chi connectivity index (χ4v) is 10.6. The molecule has 0 aliphatic carbocycles. The summed E-state index contributed by atoms with van der Waals surface area (Å²) in [6.07, 6.45) is 23.5. The monoisotopic (exact) mass is 660 g/mol. The molecule has 248 valence electrons. The molecule has 0 spiro atoms. The summed E-state index contributed by atoms with van der Waals surface area (Å²) >= 11 is 0.726. The molecular weight excluding hydrogens is 605 g/mol. The van der Waals surface area contributed by atoms with E-state index in [1.807, 2.05) is 0 Å². The predicted octanol–water partition coefficient (Wildman–Crippen LogP) is 9.24. The summed E-state index contributed by atoms with van der Waals surface area (Å²) < 4.78 is 60.6. The van der Waals surface area contributed by atoms with Crippen molar-refractivity contribution in [1.82, 2.24) is 4.90 Å². The van der Waals surface area contributed by atoms with E-state index in [1.54, 1.807) is 13.8 Å². The molecule has 0 aromatic carbocycles. The van der Waals surface area contributed by atoms with Crippen LogP contribution in [0.5, 0.6) is 0 Å². The summed E-state index contributed by atoms with van der Waals surface area (Å²) in [5, 5.41) is -0.749. The zero-order chi connectivity index (χ0) is 31.7. The quantitative estimate of drug-likeness (QED) is 0.0906. The van der Waals surface area contributed by atoms with E-state index >= 15 is 0 Å². The number of carbonyl (C=O) groups is 1. The average molecular weight is 661 g/mol.